The minimum absolute atomic E-state index is 0.222. The fraction of sp³-hybridized carbons (Fsp3) is 0.667. The molecule has 5 rings (SSSR count). The summed E-state index contributed by atoms with van der Waals surface area (Å²) >= 11 is 0. The monoisotopic (exact) mass is 342 g/mol. The molecular formula is C21H30N2O2. The number of ether oxygens (including phenoxy) is 1. The van der Waals surface area contributed by atoms with Gasteiger partial charge in [-0.25, -0.2) is 0 Å². The molecule has 4 fully saturated rings. The van der Waals surface area contributed by atoms with E-state index < -0.39 is 0 Å². The summed E-state index contributed by atoms with van der Waals surface area (Å²) in [5, 5.41) is 0. The van der Waals surface area contributed by atoms with Gasteiger partial charge in [0, 0.05) is 39.3 Å². The van der Waals surface area contributed by atoms with Crippen LogP contribution in [0.4, 0.5) is 0 Å². The minimum Gasteiger partial charge on any atom is -0.372 e. The van der Waals surface area contributed by atoms with E-state index in [4.69, 9.17) is 4.74 Å². The molecular weight excluding hydrogens is 312 g/mol. The summed E-state index contributed by atoms with van der Waals surface area (Å²) < 4.78 is 5.43. The molecule has 1 aliphatic carbocycles. The van der Waals surface area contributed by atoms with Crippen LogP contribution in [0.25, 0.3) is 0 Å². The molecule has 0 N–H and O–H groups in total. The molecule has 4 aliphatic rings. The number of carbonyl (C=O) groups is 1. The first-order valence-corrected chi connectivity index (χ1v) is 9.80. The second-order valence-electron chi connectivity index (χ2n) is 8.04. The number of likely N-dealkylation sites (tertiary alicyclic amines) is 1. The highest BCUT2D eigenvalue weighted by Crippen LogP contribution is 2.47. The number of carbonyl (C=O) groups excluding carboxylic acids is 1. The van der Waals surface area contributed by atoms with Crippen molar-refractivity contribution >= 4 is 5.91 Å². The first-order chi connectivity index (χ1) is 12.2. The van der Waals surface area contributed by atoms with E-state index in [9.17, 15) is 4.79 Å². The summed E-state index contributed by atoms with van der Waals surface area (Å²) in [7, 11) is 1.66. The van der Waals surface area contributed by atoms with E-state index in [0.29, 0.717) is 17.9 Å². The third-order valence-electron chi connectivity index (χ3n) is 6.72. The van der Waals surface area contributed by atoms with Crippen molar-refractivity contribution in [3.05, 3.63) is 35.9 Å². The molecule has 3 aliphatic heterocycles. The van der Waals surface area contributed by atoms with Gasteiger partial charge in [-0.15, -0.1) is 0 Å². The zero-order valence-corrected chi connectivity index (χ0v) is 15.4. The summed E-state index contributed by atoms with van der Waals surface area (Å²) in [5.74, 6) is 2.32. The van der Waals surface area contributed by atoms with Crippen molar-refractivity contribution in [2.45, 2.75) is 44.9 Å². The second-order valence-corrected chi connectivity index (χ2v) is 8.04. The van der Waals surface area contributed by atoms with E-state index in [1.54, 1.807) is 7.11 Å². The van der Waals surface area contributed by atoms with Gasteiger partial charge in [0.2, 0.25) is 0 Å². The lowest BCUT2D eigenvalue weighted by Crippen LogP contribution is -2.60. The Bertz CT molecular complexity index is 601. The fourth-order valence-electron chi connectivity index (χ4n) is 5.51. The standard InChI is InChI=1S/C21H30N2O2/c1-3-20(25-2)21(24)23-12-16-9-10-19(23)18-14-22(13-17(16)18)11-15-7-5-4-6-8-15/h4-8,16-20H,3,9-14H2,1-2H3. The Hall–Kier alpha value is -1.39. The summed E-state index contributed by atoms with van der Waals surface area (Å²) in [4.78, 5) is 17.7. The van der Waals surface area contributed by atoms with Crippen molar-refractivity contribution in [1.29, 1.82) is 0 Å². The van der Waals surface area contributed by atoms with E-state index in [1.807, 2.05) is 6.92 Å². The number of piperidine rings is 2. The highest BCUT2D eigenvalue weighted by molar-refractivity contribution is 5.81. The summed E-state index contributed by atoms with van der Waals surface area (Å²) in [6, 6.07) is 11.2. The van der Waals surface area contributed by atoms with Crippen LogP contribution in [0.1, 0.15) is 31.7 Å². The topological polar surface area (TPSA) is 32.8 Å². The van der Waals surface area contributed by atoms with Crippen LogP contribution in [-0.4, -0.2) is 54.6 Å². The lowest BCUT2D eigenvalue weighted by atomic mass is 9.66. The Morgan fingerprint density at radius 3 is 2.64 bits per heavy atom. The molecule has 1 aromatic rings. The summed E-state index contributed by atoms with van der Waals surface area (Å²) in [6.45, 7) is 6.35. The molecule has 5 atom stereocenters. The highest BCUT2D eigenvalue weighted by atomic mass is 16.5. The molecule has 3 saturated heterocycles. The Labute approximate surface area is 151 Å². The Morgan fingerprint density at radius 2 is 1.92 bits per heavy atom. The SMILES string of the molecule is CCC(OC)C(=O)N1CC2CCC1C1CN(Cc3ccccc3)CC21. The molecule has 0 radical (unpaired) electrons. The van der Waals surface area contributed by atoms with Gasteiger partial charge in [0.05, 0.1) is 0 Å². The number of hydrogen-bond acceptors (Lipinski definition) is 3. The van der Waals surface area contributed by atoms with Crippen molar-refractivity contribution < 1.29 is 9.53 Å². The lowest BCUT2D eigenvalue weighted by molar-refractivity contribution is -0.154. The average molecular weight is 342 g/mol. The van der Waals surface area contributed by atoms with E-state index in [-0.39, 0.29) is 12.0 Å². The fourth-order valence-corrected chi connectivity index (χ4v) is 5.51. The predicted molar refractivity (Wildman–Crippen MR) is 98.0 cm³/mol. The average Bonchev–Trinajstić information content (AvgIpc) is 3.09. The maximum atomic E-state index is 12.9. The second kappa shape index (κ2) is 7.08. The van der Waals surface area contributed by atoms with Gasteiger partial charge < -0.3 is 9.64 Å². The van der Waals surface area contributed by atoms with Gasteiger partial charge in [0.1, 0.15) is 6.10 Å². The smallest absolute Gasteiger partial charge is 0.251 e. The van der Waals surface area contributed by atoms with Crippen molar-refractivity contribution in [1.82, 2.24) is 9.80 Å². The van der Waals surface area contributed by atoms with Crippen LogP contribution in [0.5, 0.6) is 0 Å². The van der Waals surface area contributed by atoms with Gasteiger partial charge in [-0.2, -0.15) is 0 Å². The van der Waals surface area contributed by atoms with Crippen LogP contribution in [0.3, 0.4) is 0 Å². The maximum absolute atomic E-state index is 12.9. The number of methoxy groups -OCH3 is 1. The molecule has 1 amide bonds. The molecule has 4 heteroatoms. The molecule has 3 heterocycles. The zero-order valence-electron chi connectivity index (χ0n) is 15.4. The first-order valence-electron chi connectivity index (χ1n) is 9.80. The molecule has 136 valence electrons. The third kappa shape index (κ3) is 3.11. The van der Waals surface area contributed by atoms with Gasteiger partial charge in [-0.3, -0.25) is 9.69 Å². The lowest BCUT2D eigenvalue weighted by Gasteiger charge is -2.52. The zero-order chi connectivity index (χ0) is 17.4. The molecule has 0 aromatic heterocycles. The van der Waals surface area contributed by atoms with Crippen LogP contribution in [0.2, 0.25) is 0 Å². The van der Waals surface area contributed by atoms with Crippen LogP contribution in [-0.2, 0) is 16.1 Å². The normalized spacial score (nSPS) is 32.6. The molecule has 0 spiro atoms. The third-order valence-corrected chi connectivity index (χ3v) is 6.72. The van der Waals surface area contributed by atoms with Crippen molar-refractivity contribution in [3.63, 3.8) is 0 Å². The first kappa shape index (κ1) is 17.0. The van der Waals surface area contributed by atoms with Gasteiger partial charge in [-0.05, 0) is 42.6 Å². The molecule has 5 unspecified atom stereocenters. The van der Waals surface area contributed by atoms with E-state index in [0.717, 1.165) is 32.0 Å². The van der Waals surface area contributed by atoms with Gasteiger partial charge in [0.15, 0.2) is 0 Å². The number of nitrogens with zero attached hydrogens (tertiary/aromatic N) is 2. The van der Waals surface area contributed by atoms with Crippen LogP contribution < -0.4 is 0 Å². The number of hydrogen-bond donors (Lipinski definition) is 0. The van der Waals surface area contributed by atoms with Crippen molar-refractivity contribution in [2.75, 3.05) is 26.7 Å². The number of amides is 1. The predicted octanol–water partition coefficient (Wildman–Crippen LogP) is 2.78. The quantitative estimate of drug-likeness (QED) is 0.825. The van der Waals surface area contributed by atoms with Crippen LogP contribution >= 0.6 is 0 Å². The Kier molecular flexibility index (Phi) is 4.83. The minimum atomic E-state index is -0.264. The number of fused-ring (bicyclic) bond motifs is 2. The van der Waals surface area contributed by atoms with Gasteiger partial charge in [0.25, 0.3) is 5.91 Å². The molecule has 2 bridgehead atoms. The van der Waals surface area contributed by atoms with Gasteiger partial charge >= 0.3 is 0 Å². The van der Waals surface area contributed by atoms with Crippen molar-refractivity contribution in [3.8, 4) is 0 Å². The van der Waals surface area contributed by atoms with Gasteiger partial charge in [-0.1, -0.05) is 37.3 Å². The van der Waals surface area contributed by atoms with Crippen LogP contribution in [0.15, 0.2) is 30.3 Å². The van der Waals surface area contributed by atoms with E-state index >= 15 is 0 Å². The van der Waals surface area contributed by atoms with E-state index in [1.165, 1.54) is 24.9 Å². The highest BCUT2D eigenvalue weighted by Gasteiger charge is 2.52. The summed E-state index contributed by atoms with van der Waals surface area (Å²) in [6.07, 6.45) is 2.96. The van der Waals surface area contributed by atoms with Crippen molar-refractivity contribution in [2.24, 2.45) is 17.8 Å². The van der Waals surface area contributed by atoms with Crippen LogP contribution in [0, 0.1) is 17.8 Å². The Morgan fingerprint density at radius 1 is 1.16 bits per heavy atom. The number of rotatable bonds is 5. The molecule has 25 heavy (non-hydrogen) atoms. The summed E-state index contributed by atoms with van der Waals surface area (Å²) in [5.41, 5.74) is 1.40. The molecule has 1 saturated carbocycles. The van der Waals surface area contributed by atoms with E-state index in [2.05, 4.69) is 40.1 Å². The maximum Gasteiger partial charge on any atom is 0.251 e. The molecule has 1 aromatic carbocycles. The Balaban J connectivity index is 1.46. The molecule has 4 nitrogen and oxygen atoms in total. The largest absolute Gasteiger partial charge is 0.372 e. The number of benzene rings is 1.